The molecule has 0 saturated carbocycles. The van der Waals surface area contributed by atoms with Gasteiger partial charge in [0.15, 0.2) is 11.9 Å². The summed E-state index contributed by atoms with van der Waals surface area (Å²) in [5.74, 6) is -1.54. The molecule has 1 amide bonds. The van der Waals surface area contributed by atoms with Crippen LogP contribution in [-0.4, -0.2) is 35.7 Å². The lowest BCUT2D eigenvalue weighted by Gasteiger charge is -2.14. The molecule has 2 aromatic rings. The van der Waals surface area contributed by atoms with Gasteiger partial charge in [-0.2, -0.15) is 0 Å². The van der Waals surface area contributed by atoms with Gasteiger partial charge in [0.25, 0.3) is 11.6 Å². The van der Waals surface area contributed by atoms with Crippen LogP contribution < -0.4 is 10.6 Å². The Bertz CT molecular complexity index is 924. The Labute approximate surface area is 160 Å². The molecule has 9 nitrogen and oxygen atoms in total. The minimum atomic E-state index is -1.14. The van der Waals surface area contributed by atoms with Crippen molar-refractivity contribution < 1.29 is 24.0 Å². The molecule has 2 N–H and O–H groups in total. The largest absolute Gasteiger partial charge is 0.449 e. The molecule has 146 valence electrons. The number of nitrogens with one attached hydrogen (secondary N) is 2. The molecule has 0 unspecified atom stereocenters. The van der Waals surface area contributed by atoms with Gasteiger partial charge in [0, 0.05) is 24.4 Å². The second-order valence-corrected chi connectivity index (χ2v) is 5.91. The van der Waals surface area contributed by atoms with Gasteiger partial charge < -0.3 is 15.4 Å². The maximum Gasteiger partial charge on any atom is 0.339 e. The number of esters is 1. The number of nitro benzene ring substituents is 1. The summed E-state index contributed by atoms with van der Waals surface area (Å²) in [5.41, 5.74) is 0.869. The van der Waals surface area contributed by atoms with Crippen molar-refractivity contribution in [3.63, 3.8) is 0 Å². The quantitative estimate of drug-likeness (QED) is 0.324. The number of anilines is 2. The number of nitrogens with zero attached hydrogens (tertiary/aromatic N) is 1. The number of ether oxygens (including phenoxy) is 1. The van der Waals surface area contributed by atoms with Gasteiger partial charge in [0.2, 0.25) is 0 Å². The van der Waals surface area contributed by atoms with Crippen LogP contribution in [0.3, 0.4) is 0 Å². The maximum atomic E-state index is 12.2. The zero-order valence-electron chi connectivity index (χ0n) is 15.5. The molecule has 0 aromatic heterocycles. The van der Waals surface area contributed by atoms with Crippen LogP contribution in [-0.2, 0) is 9.53 Å². The number of hydrogen-bond acceptors (Lipinski definition) is 7. The van der Waals surface area contributed by atoms with Gasteiger partial charge in [-0.3, -0.25) is 19.7 Å². The number of rotatable bonds is 7. The van der Waals surface area contributed by atoms with Gasteiger partial charge in [-0.25, -0.2) is 4.79 Å². The Morgan fingerprint density at radius 2 is 1.68 bits per heavy atom. The van der Waals surface area contributed by atoms with Gasteiger partial charge in [-0.1, -0.05) is 0 Å². The summed E-state index contributed by atoms with van der Waals surface area (Å²) in [7, 11) is 1.52. The molecule has 0 fully saturated rings. The van der Waals surface area contributed by atoms with E-state index in [1.165, 1.54) is 33.0 Å². The summed E-state index contributed by atoms with van der Waals surface area (Å²) in [6, 6.07) is 10.1. The highest BCUT2D eigenvalue weighted by molar-refractivity contribution is 5.98. The first kappa shape index (κ1) is 20.6. The van der Waals surface area contributed by atoms with Gasteiger partial charge in [-0.15, -0.1) is 0 Å². The Hall–Kier alpha value is -3.75. The van der Waals surface area contributed by atoms with Crippen molar-refractivity contribution in [2.24, 2.45) is 0 Å². The van der Waals surface area contributed by atoms with Crippen LogP contribution in [0.2, 0.25) is 0 Å². The van der Waals surface area contributed by atoms with Gasteiger partial charge >= 0.3 is 5.97 Å². The van der Waals surface area contributed by atoms with E-state index in [2.05, 4.69) is 10.6 Å². The first-order valence-electron chi connectivity index (χ1n) is 8.32. The standard InChI is InChI=1S/C19H19N3O6/c1-11(23)13-4-7-15(8-5-13)21-18(24)12(2)28-19(25)14-6-9-16(20-3)17(10-14)22(26)27/h4-10,12,20H,1-3H3,(H,21,24)/t12-/m0/s1. The summed E-state index contributed by atoms with van der Waals surface area (Å²) in [5, 5.41) is 16.3. The summed E-state index contributed by atoms with van der Waals surface area (Å²) >= 11 is 0. The number of amides is 1. The lowest BCUT2D eigenvalue weighted by molar-refractivity contribution is -0.384. The fourth-order valence-corrected chi connectivity index (χ4v) is 2.34. The highest BCUT2D eigenvalue weighted by Gasteiger charge is 2.22. The lowest BCUT2D eigenvalue weighted by Crippen LogP contribution is -2.30. The average molecular weight is 385 g/mol. The normalized spacial score (nSPS) is 11.2. The van der Waals surface area contributed by atoms with E-state index in [0.29, 0.717) is 11.3 Å². The lowest BCUT2D eigenvalue weighted by atomic mass is 10.1. The van der Waals surface area contributed by atoms with Gasteiger partial charge in [0.1, 0.15) is 5.69 Å². The third-order valence-corrected chi connectivity index (χ3v) is 3.91. The Balaban J connectivity index is 2.05. The fourth-order valence-electron chi connectivity index (χ4n) is 2.34. The molecular weight excluding hydrogens is 366 g/mol. The number of hydrogen-bond donors (Lipinski definition) is 2. The van der Waals surface area contributed by atoms with E-state index in [9.17, 15) is 24.5 Å². The van der Waals surface area contributed by atoms with Crippen LogP contribution in [0.15, 0.2) is 42.5 Å². The Morgan fingerprint density at radius 3 is 2.21 bits per heavy atom. The molecule has 0 aliphatic heterocycles. The molecule has 0 bridgehead atoms. The molecule has 0 saturated heterocycles. The van der Waals surface area contributed by atoms with Crippen molar-refractivity contribution in [1.82, 2.24) is 0 Å². The molecule has 28 heavy (non-hydrogen) atoms. The number of Topliss-reactive ketones (excluding diaryl/α,β-unsaturated/α-hetero) is 1. The molecule has 0 aliphatic rings. The molecule has 2 rings (SSSR count). The first-order valence-corrected chi connectivity index (χ1v) is 8.32. The fraction of sp³-hybridized carbons (Fsp3) is 0.211. The van der Waals surface area contributed by atoms with Crippen LogP contribution in [0, 0.1) is 10.1 Å². The SMILES string of the molecule is CNc1ccc(C(=O)O[C@@H](C)C(=O)Nc2ccc(C(C)=O)cc2)cc1[N+](=O)[O-]. The molecular formula is C19H19N3O6. The predicted octanol–water partition coefficient (Wildman–Crippen LogP) is 3.02. The van der Waals surface area contributed by atoms with E-state index in [-0.39, 0.29) is 22.7 Å². The first-order chi connectivity index (χ1) is 13.2. The van der Waals surface area contributed by atoms with E-state index in [1.807, 2.05) is 0 Å². The summed E-state index contributed by atoms with van der Waals surface area (Å²) < 4.78 is 5.09. The monoisotopic (exact) mass is 385 g/mol. The van der Waals surface area contributed by atoms with Gasteiger partial charge in [-0.05, 0) is 50.2 Å². The van der Waals surface area contributed by atoms with Crippen LogP contribution in [0.25, 0.3) is 0 Å². The number of carbonyl (C=O) groups is 3. The topological polar surface area (TPSA) is 128 Å². The number of nitro groups is 1. The Morgan fingerprint density at radius 1 is 1.07 bits per heavy atom. The smallest absolute Gasteiger partial charge is 0.339 e. The zero-order chi connectivity index (χ0) is 20.8. The van der Waals surface area contributed by atoms with Crippen molar-refractivity contribution in [3.8, 4) is 0 Å². The molecule has 0 aliphatic carbocycles. The van der Waals surface area contributed by atoms with Crippen molar-refractivity contribution in [1.29, 1.82) is 0 Å². The molecule has 0 heterocycles. The third-order valence-electron chi connectivity index (χ3n) is 3.91. The number of carbonyl (C=O) groups excluding carboxylic acids is 3. The number of benzene rings is 2. The molecule has 9 heteroatoms. The second kappa shape index (κ2) is 8.76. The Kier molecular flexibility index (Phi) is 6.43. The summed E-state index contributed by atoms with van der Waals surface area (Å²) in [4.78, 5) is 46.1. The van der Waals surface area contributed by atoms with Crippen LogP contribution >= 0.6 is 0 Å². The van der Waals surface area contributed by atoms with E-state index in [0.717, 1.165) is 6.07 Å². The highest BCUT2D eigenvalue weighted by Crippen LogP contribution is 2.25. The molecule has 0 spiro atoms. The van der Waals surface area contributed by atoms with Crippen LogP contribution in [0.5, 0.6) is 0 Å². The van der Waals surface area contributed by atoms with Crippen molar-refractivity contribution in [2.45, 2.75) is 20.0 Å². The average Bonchev–Trinajstić information content (AvgIpc) is 2.67. The third kappa shape index (κ3) is 4.91. The van der Waals surface area contributed by atoms with Crippen LogP contribution in [0.1, 0.15) is 34.6 Å². The van der Waals surface area contributed by atoms with E-state index in [1.54, 1.807) is 24.3 Å². The van der Waals surface area contributed by atoms with Crippen molar-refractivity contribution in [3.05, 3.63) is 63.7 Å². The maximum absolute atomic E-state index is 12.2. The predicted molar refractivity (Wildman–Crippen MR) is 103 cm³/mol. The molecule has 2 aromatic carbocycles. The second-order valence-electron chi connectivity index (χ2n) is 5.91. The van der Waals surface area contributed by atoms with Crippen molar-refractivity contribution >= 4 is 34.7 Å². The van der Waals surface area contributed by atoms with Gasteiger partial charge in [0.05, 0.1) is 10.5 Å². The molecule has 0 radical (unpaired) electrons. The molecule has 1 atom stereocenters. The van der Waals surface area contributed by atoms with E-state index >= 15 is 0 Å². The summed E-state index contributed by atoms with van der Waals surface area (Å²) in [6.07, 6.45) is -1.14. The highest BCUT2D eigenvalue weighted by atomic mass is 16.6. The summed E-state index contributed by atoms with van der Waals surface area (Å²) in [6.45, 7) is 2.82. The van der Waals surface area contributed by atoms with Crippen molar-refractivity contribution in [2.75, 3.05) is 17.7 Å². The number of ketones is 1. The van der Waals surface area contributed by atoms with E-state index < -0.39 is 22.9 Å². The van der Waals surface area contributed by atoms with E-state index in [4.69, 9.17) is 4.74 Å². The minimum Gasteiger partial charge on any atom is -0.449 e. The minimum absolute atomic E-state index is 0.0452. The zero-order valence-corrected chi connectivity index (χ0v) is 15.5. The van der Waals surface area contributed by atoms with Crippen LogP contribution in [0.4, 0.5) is 17.1 Å².